The zero-order valence-corrected chi connectivity index (χ0v) is 24.7. The summed E-state index contributed by atoms with van der Waals surface area (Å²) in [4.78, 5) is 42.2. The first-order valence-electron chi connectivity index (χ1n) is 15.2. The third-order valence-electron chi connectivity index (χ3n) is 9.73. The molecule has 3 heterocycles. The van der Waals surface area contributed by atoms with Crippen LogP contribution < -0.4 is 25.2 Å². The van der Waals surface area contributed by atoms with E-state index < -0.39 is 0 Å². The number of nitrogens with zero attached hydrogens (tertiary/aromatic N) is 5. The molecule has 2 N–H and O–H groups in total. The number of rotatable bonds is 7. The first-order chi connectivity index (χ1) is 19.9. The second-order valence-corrected chi connectivity index (χ2v) is 12.3. The predicted octanol–water partition coefficient (Wildman–Crippen LogP) is 4.19. The Morgan fingerprint density at radius 3 is 2.66 bits per heavy atom. The van der Waals surface area contributed by atoms with Crippen molar-refractivity contribution in [1.82, 2.24) is 20.2 Å². The molecule has 1 saturated heterocycles. The van der Waals surface area contributed by atoms with E-state index in [-0.39, 0.29) is 23.9 Å². The van der Waals surface area contributed by atoms with Crippen LogP contribution in [0.2, 0.25) is 0 Å². The highest BCUT2D eigenvalue weighted by Crippen LogP contribution is 2.41. The molecule has 2 aliphatic carbocycles. The summed E-state index contributed by atoms with van der Waals surface area (Å²) in [5.41, 5.74) is 1.98. The van der Waals surface area contributed by atoms with Crippen LogP contribution in [0.15, 0.2) is 24.4 Å². The monoisotopic (exact) mass is 561 g/mol. The van der Waals surface area contributed by atoms with Gasteiger partial charge in [0.25, 0.3) is 5.91 Å². The van der Waals surface area contributed by atoms with E-state index in [1.54, 1.807) is 31.3 Å². The third kappa shape index (κ3) is 5.34. The molecule has 4 unspecified atom stereocenters. The molecule has 6 rings (SSSR count). The van der Waals surface area contributed by atoms with Gasteiger partial charge in [0.1, 0.15) is 17.5 Å². The van der Waals surface area contributed by atoms with Gasteiger partial charge in [0.05, 0.1) is 19.0 Å². The number of benzene rings is 1. The number of methoxy groups -OCH3 is 1. The quantitative estimate of drug-likeness (QED) is 0.519. The summed E-state index contributed by atoms with van der Waals surface area (Å²) in [5, 5.41) is 6.58. The average molecular weight is 562 g/mol. The van der Waals surface area contributed by atoms with Gasteiger partial charge in [0.2, 0.25) is 11.9 Å². The number of amides is 2. The molecule has 1 aromatic carbocycles. The molecule has 0 bridgehead atoms. The van der Waals surface area contributed by atoms with Crippen molar-refractivity contribution in [1.29, 1.82) is 0 Å². The van der Waals surface area contributed by atoms with Gasteiger partial charge in [-0.25, -0.2) is 4.98 Å². The lowest BCUT2D eigenvalue weighted by molar-refractivity contribution is -0.120. The van der Waals surface area contributed by atoms with Crippen LogP contribution in [0.5, 0.6) is 5.75 Å². The van der Waals surface area contributed by atoms with Crippen molar-refractivity contribution >= 4 is 35.0 Å². The number of carbonyl (C=O) groups is 2. The van der Waals surface area contributed by atoms with Crippen molar-refractivity contribution in [3.63, 3.8) is 0 Å². The van der Waals surface area contributed by atoms with Crippen molar-refractivity contribution in [3.05, 3.63) is 30.0 Å². The highest BCUT2D eigenvalue weighted by molar-refractivity contribution is 6.04. The minimum Gasteiger partial charge on any atom is -0.495 e. The molecule has 10 heteroatoms. The van der Waals surface area contributed by atoms with Crippen LogP contribution in [0.3, 0.4) is 0 Å². The first kappa shape index (κ1) is 27.8. The lowest BCUT2D eigenvalue weighted by Crippen LogP contribution is -2.55. The van der Waals surface area contributed by atoms with Crippen molar-refractivity contribution in [3.8, 4) is 5.75 Å². The third-order valence-corrected chi connectivity index (χ3v) is 9.73. The fourth-order valence-corrected chi connectivity index (χ4v) is 7.55. The first-order valence-corrected chi connectivity index (χ1v) is 15.2. The Morgan fingerprint density at radius 2 is 1.90 bits per heavy atom. The van der Waals surface area contributed by atoms with E-state index in [0.29, 0.717) is 40.8 Å². The second kappa shape index (κ2) is 11.5. The van der Waals surface area contributed by atoms with Gasteiger partial charge in [-0.3, -0.25) is 9.59 Å². The minimum absolute atomic E-state index is 0.0672. The average Bonchev–Trinajstić information content (AvgIpc) is 3.64. The van der Waals surface area contributed by atoms with Crippen LogP contribution in [0.1, 0.15) is 68.6 Å². The number of likely N-dealkylation sites (tertiary alicyclic amines) is 1. The molecule has 0 spiro atoms. The van der Waals surface area contributed by atoms with Gasteiger partial charge in [-0.2, -0.15) is 4.98 Å². The number of ether oxygens (including phenoxy) is 1. The molecule has 2 aromatic rings. The van der Waals surface area contributed by atoms with E-state index >= 15 is 0 Å². The molecule has 1 aromatic heterocycles. The van der Waals surface area contributed by atoms with Crippen LogP contribution >= 0.6 is 0 Å². The summed E-state index contributed by atoms with van der Waals surface area (Å²) >= 11 is 0. The van der Waals surface area contributed by atoms with Crippen molar-refractivity contribution in [2.45, 2.75) is 76.4 Å². The Labute approximate surface area is 242 Å². The van der Waals surface area contributed by atoms with Crippen LogP contribution in [-0.4, -0.2) is 79.1 Å². The summed E-state index contributed by atoms with van der Waals surface area (Å²) in [7, 11) is 5.59. The van der Waals surface area contributed by atoms with Crippen LogP contribution in [-0.2, 0) is 4.79 Å². The van der Waals surface area contributed by atoms with E-state index in [2.05, 4.69) is 39.4 Å². The Morgan fingerprint density at radius 1 is 1.12 bits per heavy atom. The van der Waals surface area contributed by atoms with Gasteiger partial charge in [0.15, 0.2) is 5.82 Å². The molecular formula is C31H43N7O3. The Balaban J connectivity index is 1.20. The molecule has 0 radical (unpaired) electrons. The normalized spacial score (nSPS) is 26.6. The largest absolute Gasteiger partial charge is 0.495 e. The maximum absolute atomic E-state index is 13.2. The number of hydrogen-bond acceptors (Lipinski definition) is 8. The predicted molar refractivity (Wildman–Crippen MR) is 160 cm³/mol. The molecular weight excluding hydrogens is 518 g/mol. The van der Waals surface area contributed by atoms with Gasteiger partial charge in [-0.15, -0.1) is 0 Å². The van der Waals surface area contributed by atoms with E-state index in [0.717, 1.165) is 56.7 Å². The number of carbonyl (C=O) groups excluding carboxylic acids is 2. The lowest BCUT2D eigenvalue weighted by atomic mass is 9.89. The molecule has 4 aliphatic rings. The molecule has 220 valence electrons. The Kier molecular flexibility index (Phi) is 7.76. The zero-order valence-electron chi connectivity index (χ0n) is 24.7. The Hall–Kier alpha value is -3.40. The smallest absolute Gasteiger partial charge is 0.251 e. The molecule has 2 saturated carbocycles. The zero-order chi connectivity index (χ0) is 28.7. The van der Waals surface area contributed by atoms with Crippen molar-refractivity contribution in [2.24, 2.45) is 11.8 Å². The molecule has 41 heavy (non-hydrogen) atoms. The number of fused-ring (bicyclic) bond motifs is 2. The van der Waals surface area contributed by atoms with Gasteiger partial charge in [0, 0.05) is 31.2 Å². The maximum Gasteiger partial charge on any atom is 0.251 e. The number of likely N-dealkylation sites (N-methyl/N-ethyl adjacent to an activating group) is 1. The van der Waals surface area contributed by atoms with Crippen LogP contribution in [0.4, 0.5) is 23.1 Å². The lowest BCUT2D eigenvalue weighted by Gasteiger charge is -2.43. The van der Waals surface area contributed by atoms with Gasteiger partial charge >= 0.3 is 0 Å². The molecule has 3 fully saturated rings. The van der Waals surface area contributed by atoms with E-state index in [4.69, 9.17) is 9.72 Å². The van der Waals surface area contributed by atoms with E-state index in [1.807, 2.05) is 12.1 Å². The van der Waals surface area contributed by atoms with Gasteiger partial charge in [-0.05, 0) is 82.2 Å². The topological polar surface area (TPSA) is 103 Å². The fourth-order valence-electron chi connectivity index (χ4n) is 7.55. The molecule has 10 nitrogen and oxygen atoms in total. The van der Waals surface area contributed by atoms with Gasteiger partial charge < -0.3 is 30.1 Å². The summed E-state index contributed by atoms with van der Waals surface area (Å²) in [6, 6.07) is 5.73. The van der Waals surface area contributed by atoms with Gasteiger partial charge in [-0.1, -0.05) is 19.8 Å². The highest BCUT2D eigenvalue weighted by Gasteiger charge is 2.41. The number of aromatic nitrogens is 2. The van der Waals surface area contributed by atoms with E-state index in [1.165, 1.54) is 19.3 Å². The van der Waals surface area contributed by atoms with Crippen molar-refractivity contribution < 1.29 is 14.3 Å². The molecule has 2 aliphatic heterocycles. The fraction of sp³-hybridized carbons (Fsp3) is 0.613. The summed E-state index contributed by atoms with van der Waals surface area (Å²) in [6.45, 7) is 4.33. The Bertz CT molecular complexity index is 1300. The SMILES string of the molecule is CCC1C(=O)N(C)c2cnc(Nc3ccc(C(=O)NC4CC5CCN(C)CC5C4)cc3OC)nc2N1C1CCCC1. The van der Waals surface area contributed by atoms with E-state index in [9.17, 15) is 9.59 Å². The number of nitrogens with one attached hydrogen (secondary N) is 2. The number of hydrogen-bond donors (Lipinski definition) is 2. The summed E-state index contributed by atoms with van der Waals surface area (Å²) < 4.78 is 5.68. The minimum atomic E-state index is -0.226. The molecule has 2 amide bonds. The number of piperidine rings is 1. The van der Waals surface area contributed by atoms with Crippen LogP contribution in [0.25, 0.3) is 0 Å². The number of anilines is 4. The summed E-state index contributed by atoms with van der Waals surface area (Å²) in [5.74, 6) is 3.18. The van der Waals surface area contributed by atoms with Crippen molar-refractivity contribution in [2.75, 3.05) is 49.4 Å². The standard InChI is InChI=1S/C31H43N7O3/c1-5-25-30(40)37(3)26-17-32-31(35-28(26)38(25)23-8-6-7-9-23)34-24-11-10-20(16-27(24)41-4)29(39)33-22-14-19-12-13-36(2)18-21(19)15-22/h10-11,16-17,19,21-23,25H,5-9,12-15,18H2,1-4H3,(H,33,39)(H,32,34,35). The summed E-state index contributed by atoms with van der Waals surface area (Å²) in [6.07, 6.45) is 10.2. The highest BCUT2D eigenvalue weighted by atomic mass is 16.5. The maximum atomic E-state index is 13.2. The van der Waals surface area contributed by atoms with Crippen LogP contribution in [0, 0.1) is 11.8 Å². The molecule has 4 atom stereocenters. The second-order valence-electron chi connectivity index (χ2n) is 12.3.